The number of amides is 2. The molecule has 2 atom stereocenters. The van der Waals surface area contributed by atoms with Crippen LogP contribution in [0.1, 0.15) is 56.6 Å². The van der Waals surface area contributed by atoms with Crippen LogP contribution in [0.3, 0.4) is 0 Å². The number of likely N-dealkylation sites (tertiary alicyclic amines) is 1. The maximum atomic E-state index is 13.5. The van der Waals surface area contributed by atoms with Crippen LogP contribution >= 0.6 is 23.2 Å². The van der Waals surface area contributed by atoms with E-state index in [2.05, 4.69) is 45.9 Å². The number of benzene rings is 2. The van der Waals surface area contributed by atoms with E-state index in [0.29, 0.717) is 17.0 Å². The number of hydrogen-bond donors (Lipinski definition) is 2. The molecule has 3 aliphatic rings. The topological polar surface area (TPSA) is 98.8 Å². The lowest BCUT2D eigenvalue weighted by Gasteiger charge is -2.39. The molecule has 8 nitrogen and oxygen atoms in total. The number of carbonyl (C=O) groups is 2. The van der Waals surface area contributed by atoms with E-state index >= 15 is 0 Å². The lowest BCUT2D eigenvalue weighted by Crippen LogP contribution is -2.58. The summed E-state index contributed by atoms with van der Waals surface area (Å²) in [7, 11) is -4.12. The fourth-order valence-electron chi connectivity index (χ4n) is 6.48. The zero-order chi connectivity index (χ0) is 28.3. The lowest BCUT2D eigenvalue weighted by molar-refractivity contribution is -0.132. The van der Waals surface area contributed by atoms with Gasteiger partial charge in [0.1, 0.15) is 10.9 Å². The molecule has 2 unspecified atom stereocenters. The van der Waals surface area contributed by atoms with Gasteiger partial charge in [0.2, 0.25) is 21.8 Å². The number of nitrogens with zero attached hydrogens (tertiary/aromatic N) is 2. The molecule has 2 heterocycles. The van der Waals surface area contributed by atoms with Crippen LogP contribution in [0.5, 0.6) is 0 Å². The van der Waals surface area contributed by atoms with Crippen LogP contribution in [0.4, 0.5) is 0 Å². The summed E-state index contributed by atoms with van der Waals surface area (Å²) in [6, 6.07) is 14.1. The molecule has 3 fully saturated rings. The minimum absolute atomic E-state index is 0.00108. The zero-order valence-electron chi connectivity index (χ0n) is 22.4. The highest BCUT2D eigenvalue weighted by Crippen LogP contribution is 2.40. The number of nitrogens with one attached hydrogen (secondary N) is 2. The molecule has 0 aromatic heterocycles. The molecule has 2 saturated heterocycles. The molecule has 2 N–H and O–H groups in total. The van der Waals surface area contributed by atoms with Gasteiger partial charge < -0.3 is 10.6 Å². The minimum Gasteiger partial charge on any atom is -0.353 e. The van der Waals surface area contributed by atoms with Crippen molar-refractivity contribution in [3.05, 3.63) is 64.1 Å². The molecule has 2 amide bonds. The second kappa shape index (κ2) is 12.8. The largest absolute Gasteiger partial charge is 0.353 e. The van der Waals surface area contributed by atoms with Gasteiger partial charge in [-0.2, -0.15) is 4.31 Å². The Kier molecular flexibility index (Phi) is 9.37. The van der Waals surface area contributed by atoms with Crippen molar-refractivity contribution in [2.75, 3.05) is 26.2 Å². The third-order valence-corrected chi connectivity index (χ3v) is 11.0. The summed E-state index contributed by atoms with van der Waals surface area (Å²) in [5, 5.41) is 6.06. The second-order valence-corrected chi connectivity index (χ2v) is 13.7. The quantitative estimate of drug-likeness (QED) is 0.464. The van der Waals surface area contributed by atoms with Crippen LogP contribution in [0, 0.1) is 5.92 Å². The van der Waals surface area contributed by atoms with Gasteiger partial charge in [-0.15, -0.1) is 0 Å². The van der Waals surface area contributed by atoms with Crippen LogP contribution in [0.15, 0.2) is 53.4 Å². The SMILES string of the molecule is O=C(CC1C(=O)NCCN1S(=O)(=O)c1ccc(Cl)cc1Cl)NC1CCC(C(c2ccccc2)N2CCCC2)CC1. The van der Waals surface area contributed by atoms with Crippen LogP contribution < -0.4 is 10.6 Å². The fraction of sp³-hybridized carbons (Fsp3) is 0.517. The smallest absolute Gasteiger partial charge is 0.245 e. The van der Waals surface area contributed by atoms with Gasteiger partial charge in [-0.3, -0.25) is 14.5 Å². The van der Waals surface area contributed by atoms with E-state index in [4.69, 9.17) is 23.2 Å². The third-order valence-electron chi connectivity index (χ3n) is 8.40. The predicted octanol–water partition coefficient (Wildman–Crippen LogP) is 4.38. The summed E-state index contributed by atoms with van der Waals surface area (Å²) in [4.78, 5) is 28.4. The van der Waals surface area contributed by atoms with Crippen molar-refractivity contribution >= 4 is 45.0 Å². The maximum Gasteiger partial charge on any atom is 0.245 e. The first kappa shape index (κ1) is 29.3. The minimum atomic E-state index is -4.12. The molecular formula is C29H36Cl2N4O4S. The number of carbonyl (C=O) groups excluding carboxylic acids is 2. The summed E-state index contributed by atoms with van der Waals surface area (Å²) >= 11 is 12.1. The van der Waals surface area contributed by atoms with E-state index in [1.165, 1.54) is 36.6 Å². The molecule has 0 spiro atoms. The monoisotopic (exact) mass is 606 g/mol. The molecule has 2 aromatic carbocycles. The summed E-state index contributed by atoms with van der Waals surface area (Å²) in [5.41, 5.74) is 1.36. The van der Waals surface area contributed by atoms with Crippen LogP contribution in [-0.2, 0) is 19.6 Å². The Hall–Kier alpha value is -2.17. The van der Waals surface area contributed by atoms with Gasteiger partial charge in [0.25, 0.3) is 0 Å². The first-order valence-electron chi connectivity index (χ1n) is 14.1. The molecule has 1 aliphatic carbocycles. The first-order valence-corrected chi connectivity index (χ1v) is 16.3. The van der Waals surface area contributed by atoms with Gasteiger partial charge in [0, 0.05) is 30.2 Å². The number of sulfonamides is 1. The number of halogens is 2. The standard InChI is InChI=1S/C29H36Cl2N4O4S/c30-22-10-13-26(24(31)18-22)40(38,39)35-17-14-32-29(37)25(35)19-27(36)33-23-11-8-21(9-12-23)28(34-15-4-5-16-34)20-6-2-1-3-7-20/h1-3,6-7,10,13,18,21,23,25,28H,4-5,8-9,11-12,14-17,19H2,(H,32,37)(H,33,36). The Balaban J connectivity index is 1.22. The molecule has 5 rings (SSSR count). The first-order chi connectivity index (χ1) is 19.2. The molecule has 40 heavy (non-hydrogen) atoms. The van der Waals surface area contributed by atoms with Gasteiger partial charge in [0.05, 0.1) is 11.4 Å². The highest BCUT2D eigenvalue weighted by atomic mass is 35.5. The zero-order valence-corrected chi connectivity index (χ0v) is 24.7. The third kappa shape index (κ3) is 6.49. The Labute approximate surface area is 246 Å². The summed E-state index contributed by atoms with van der Waals surface area (Å²) in [5.74, 6) is -0.301. The average Bonchev–Trinajstić information content (AvgIpc) is 3.46. The van der Waals surface area contributed by atoms with Gasteiger partial charge in [-0.25, -0.2) is 8.42 Å². The Morgan fingerprint density at radius 3 is 2.38 bits per heavy atom. The summed E-state index contributed by atoms with van der Waals surface area (Å²) in [6.45, 7) is 2.46. The second-order valence-electron chi connectivity index (χ2n) is 11.0. The van der Waals surface area contributed by atoms with Crippen LogP contribution in [0.2, 0.25) is 10.0 Å². The van der Waals surface area contributed by atoms with Crippen molar-refractivity contribution in [2.45, 2.75) is 68.0 Å². The van der Waals surface area contributed by atoms with Gasteiger partial charge >= 0.3 is 0 Å². The van der Waals surface area contributed by atoms with Gasteiger partial charge in [0.15, 0.2) is 0 Å². The molecule has 2 aromatic rings. The molecule has 1 saturated carbocycles. The van der Waals surface area contributed by atoms with Gasteiger partial charge in [-0.1, -0.05) is 53.5 Å². The summed E-state index contributed by atoms with van der Waals surface area (Å²) in [6.07, 6.45) is 5.93. The lowest BCUT2D eigenvalue weighted by atomic mass is 9.78. The van der Waals surface area contributed by atoms with Crippen LogP contribution in [-0.4, -0.2) is 67.7 Å². The van der Waals surface area contributed by atoms with E-state index in [1.54, 1.807) is 0 Å². The van der Waals surface area contributed by atoms with Crippen molar-refractivity contribution in [3.8, 4) is 0 Å². The van der Waals surface area contributed by atoms with Crippen LogP contribution in [0.25, 0.3) is 0 Å². The number of hydrogen-bond acceptors (Lipinski definition) is 5. The molecular weight excluding hydrogens is 571 g/mol. The molecule has 11 heteroatoms. The van der Waals surface area contributed by atoms with E-state index in [0.717, 1.165) is 43.1 Å². The number of rotatable bonds is 8. The van der Waals surface area contributed by atoms with Crippen molar-refractivity contribution in [2.24, 2.45) is 5.92 Å². The van der Waals surface area contributed by atoms with E-state index in [9.17, 15) is 18.0 Å². The van der Waals surface area contributed by atoms with E-state index in [1.807, 2.05) is 0 Å². The Morgan fingerprint density at radius 2 is 1.70 bits per heavy atom. The van der Waals surface area contributed by atoms with Crippen molar-refractivity contribution in [1.29, 1.82) is 0 Å². The van der Waals surface area contributed by atoms with Crippen molar-refractivity contribution in [1.82, 2.24) is 19.8 Å². The average molecular weight is 608 g/mol. The number of piperazine rings is 1. The molecule has 0 bridgehead atoms. The highest BCUT2D eigenvalue weighted by molar-refractivity contribution is 7.89. The molecule has 2 aliphatic heterocycles. The van der Waals surface area contributed by atoms with E-state index < -0.39 is 22.0 Å². The Morgan fingerprint density at radius 1 is 1.00 bits per heavy atom. The fourth-order valence-corrected chi connectivity index (χ4v) is 8.82. The molecule has 0 radical (unpaired) electrons. The van der Waals surface area contributed by atoms with E-state index in [-0.39, 0.29) is 41.4 Å². The normalized spacial score (nSPS) is 25.4. The maximum absolute atomic E-state index is 13.5. The predicted molar refractivity (Wildman–Crippen MR) is 156 cm³/mol. The van der Waals surface area contributed by atoms with Crippen molar-refractivity contribution < 1.29 is 18.0 Å². The highest BCUT2D eigenvalue weighted by Gasteiger charge is 2.41. The summed E-state index contributed by atoms with van der Waals surface area (Å²) < 4.78 is 28.0. The van der Waals surface area contributed by atoms with Gasteiger partial charge in [-0.05, 0) is 81.3 Å². The van der Waals surface area contributed by atoms with Crippen molar-refractivity contribution in [3.63, 3.8) is 0 Å². The molecule has 216 valence electrons. The Bertz CT molecular complexity index is 1310.